The van der Waals surface area contributed by atoms with Crippen LogP contribution in [0.2, 0.25) is 0 Å². The van der Waals surface area contributed by atoms with Crippen LogP contribution in [0.1, 0.15) is 245 Å². The van der Waals surface area contributed by atoms with Gasteiger partial charge in [-0.1, -0.05) is 222 Å². The zero-order chi connectivity index (χ0) is 40.7. The van der Waals surface area contributed by atoms with Gasteiger partial charge in [-0.3, -0.25) is 4.79 Å². The highest BCUT2D eigenvalue weighted by Crippen LogP contribution is 2.14. The number of carbonyl (C=O) groups excluding carboxylic acids is 1. The molecule has 0 saturated heterocycles. The average molecular weight is 782 g/mol. The molecule has 1 amide bonds. The second-order valence-electron chi connectivity index (χ2n) is 16.5. The Morgan fingerprint density at radius 3 is 1.14 bits per heavy atom. The molecular formula is C52H95NO3. The van der Waals surface area contributed by atoms with Gasteiger partial charge in [0.2, 0.25) is 5.91 Å². The maximum absolute atomic E-state index is 12.4. The van der Waals surface area contributed by atoms with E-state index in [2.05, 4.69) is 67.8 Å². The molecule has 0 rings (SSSR count). The van der Waals surface area contributed by atoms with E-state index in [0.717, 1.165) is 51.4 Å². The number of aliphatic hydroxyl groups excluding tert-OH is 2. The molecule has 2 unspecified atom stereocenters. The highest BCUT2D eigenvalue weighted by atomic mass is 16.3. The van der Waals surface area contributed by atoms with Crippen molar-refractivity contribution in [1.82, 2.24) is 5.32 Å². The number of nitrogens with one attached hydrogen (secondary N) is 1. The molecule has 3 N–H and O–H groups in total. The Hall–Kier alpha value is -1.91. The Morgan fingerprint density at radius 2 is 0.750 bits per heavy atom. The van der Waals surface area contributed by atoms with E-state index in [1.165, 1.54) is 173 Å². The van der Waals surface area contributed by atoms with Gasteiger partial charge in [0.15, 0.2) is 0 Å². The highest BCUT2D eigenvalue weighted by molar-refractivity contribution is 5.76. The Labute approximate surface area is 349 Å². The quantitative estimate of drug-likeness (QED) is 0.0426. The summed E-state index contributed by atoms with van der Waals surface area (Å²) >= 11 is 0. The van der Waals surface area contributed by atoms with Crippen LogP contribution in [0.25, 0.3) is 0 Å². The lowest BCUT2D eigenvalue weighted by Gasteiger charge is -2.19. The smallest absolute Gasteiger partial charge is 0.220 e. The van der Waals surface area contributed by atoms with E-state index in [1.807, 2.05) is 6.08 Å². The monoisotopic (exact) mass is 782 g/mol. The summed E-state index contributed by atoms with van der Waals surface area (Å²) in [6.45, 7) is 4.30. The second kappa shape index (κ2) is 47.5. The fraction of sp³-hybridized carbons (Fsp3) is 0.788. The van der Waals surface area contributed by atoms with Crippen molar-refractivity contribution in [1.29, 1.82) is 0 Å². The van der Waals surface area contributed by atoms with Crippen molar-refractivity contribution in [2.45, 2.75) is 257 Å². The van der Waals surface area contributed by atoms with Crippen LogP contribution in [0.3, 0.4) is 0 Å². The number of aliphatic hydroxyl groups is 2. The third-order valence-corrected chi connectivity index (χ3v) is 11.0. The summed E-state index contributed by atoms with van der Waals surface area (Å²) in [5.41, 5.74) is 0. The molecule has 56 heavy (non-hydrogen) atoms. The zero-order valence-electron chi connectivity index (χ0n) is 37.4. The minimum Gasteiger partial charge on any atom is -0.394 e. The maximum atomic E-state index is 12.4. The first-order chi connectivity index (χ1) is 27.7. The van der Waals surface area contributed by atoms with Gasteiger partial charge in [-0.2, -0.15) is 0 Å². The summed E-state index contributed by atoms with van der Waals surface area (Å²) in [5.74, 6) is -0.0857. The Balaban J connectivity index is 3.64. The largest absolute Gasteiger partial charge is 0.394 e. The minimum absolute atomic E-state index is 0.0857. The van der Waals surface area contributed by atoms with E-state index < -0.39 is 12.1 Å². The molecule has 0 aromatic carbocycles. The molecule has 0 fully saturated rings. The average Bonchev–Trinajstić information content (AvgIpc) is 3.20. The predicted octanol–water partition coefficient (Wildman–Crippen LogP) is 15.7. The van der Waals surface area contributed by atoms with Crippen molar-refractivity contribution in [3.05, 3.63) is 60.8 Å². The lowest BCUT2D eigenvalue weighted by Crippen LogP contribution is -2.45. The molecule has 0 aromatic rings. The van der Waals surface area contributed by atoms with Crippen molar-refractivity contribution in [2.75, 3.05) is 6.61 Å². The van der Waals surface area contributed by atoms with Crippen molar-refractivity contribution in [3.63, 3.8) is 0 Å². The topological polar surface area (TPSA) is 69.6 Å². The lowest BCUT2D eigenvalue weighted by atomic mass is 10.1. The number of amides is 1. The molecule has 0 aliphatic rings. The molecule has 0 radical (unpaired) electrons. The van der Waals surface area contributed by atoms with Gasteiger partial charge in [-0.25, -0.2) is 0 Å². The highest BCUT2D eigenvalue weighted by Gasteiger charge is 2.17. The number of hydrogen-bond acceptors (Lipinski definition) is 3. The molecule has 0 aromatic heterocycles. The summed E-state index contributed by atoms with van der Waals surface area (Å²) < 4.78 is 0. The first kappa shape index (κ1) is 54.1. The van der Waals surface area contributed by atoms with Gasteiger partial charge in [0.25, 0.3) is 0 Å². The van der Waals surface area contributed by atoms with Gasteiger partial charge in [-0.15, -0.1) is 0 Å². The van der Waals surface area contributed by atoms with Crippen LogP contribution in [-0.2, 0) is 4.79 Å². The number of rotatable bonds is 44. The predicted molar refractivity (Wildman–Crippen MR) is 248 cm³/mol. The van der Waals surface area contributed by atoms with Crippen LogP contribution in [0.4, 0.5) is 0 Å². The Morgan fingerprint density at radius 1 is 0.429 bits per heavy atom. The Kier molecular flexibility index (Phi) is 45.8. The van der Waals surface area contributed by atoms with Crippen molar-refractivity contribution >= 4 is 5.91 Å². The minimum atomic E-state index is -0.876. The molecule has 4 heteroatoms. The molecule has 0 spiro atoms. The molecule has 0 heterocycles. The van der Waals surface area contributed by atoms with Crippen LogP contribution in [-0.4, -0.2) is 34.9 Å². The van der Waals surface area contributed by atoms with Crippen LogP contribution in [0.15, 0.2) is 60.8 Å². The number of allylic oxidation sites excluding steroid dienone is 9. The van der Waals surface area contributed by atoms with Gasteiger partial charge in [0.05, 0.1) is 18.8 Å². The first-order valence-corrected chi connectivity index (χ1v) is 24.5. The summed E-state index contributed by atoms with van der Waals surface area (Å²) in [7, 11) is 0. The summed E-state index contributed by atoms with van der Waals surface area (Å²) in [5, 5.41) is 23.0. The standard InChI is InChI=1S/C52H95NO3/c1-3-5-7-9-11-13-15-17-19-21-23-25-26-28-30-32-34-36-38-40-42-44-46-48-52(56)53-50(49-54)51(55)47-45-43-41-39-37-35-33-31-29-27-24-22-20-18-16-14-12-10-8-6-4-2/h23,25,28-31,37,39,45,47,50-51,54-55H,3-22,24,26-27,32-36,38,40-44,46,48-49H2,1-2H3,(H,53,56)/b25-23-,30-28-,31-29+,39-37+,47-45+. The SMILES string of the molecule is CCCCCCCCCCC/C=C\C/C=C\CCCCCCCCCC(=O)NC(CO)C(O)/C=C/CC/C=C/CC/C=C/CCCCCCCCCCCCC. The molecule has 2 atom stereocenters. The second-order valence-corrected chi connectivity index (χ2v) is 16.5. The molecule has 0 bridgehead atoms. The van der Waals surface area contributed by atoms with E-state index in [-0.39, 0.29) is 12.5 Å². The third-order valence-electron chi connectivity index (χ3n) is 11.0. The van der Waals surface area contributed by atoms with Crippen molar-refractivity contribution < 1.29 is 15.0 Å². The van der Waals surface area contributed by atoms with Gasteiger partial charge in [0.1, 0.15) is 0 Å². The summed E-state index contributed by atoms with van der Waals surface area (Å²) in [6.07, 6.45) is 66.3. The normalized spacial score (nSPS) is 13.4. The van der Waals surface area contributed by atoms with E-state index >= 15 is 0 Å². The van der Waals surface area contributed by atoms with Gasteiger partial charge < -0.3 is 15.5 Å². The van der Waals surface area contributed by atoms with Gasteiger partial charge in [-0.05, 0) is 77.0 Å². The van der Waals surface area contributed by atoms with Gasteiger partial charge >= 0.3 is 0 Å². The van der Waals surface area contributed by atoms with Gasteiger partial charge in [0, 0.05) is 6.42 Å². The molecule has 4 nitrogen and oxygen atoms in total. The molecule has 0 saturated carbocycles. The van der Waals surface area contributed by atoms with Crippen LogP contribution >= 0.6 is 0 Å². The number of hydrogen-bond donors (Lipinski definition) is 3. The lowest BCUT2D eigenvalue weighted by molar-refractivity contribution is -0.123. The van der Waals surface area contributed by atoms with Crippen molar-refractivity contribution in [2.24, 2.45) is 0 Å². The summed E-state index contributed by atoms with van der Waals surface area (Å²) in [4.78, 5) is 12.4. The third kappa shape index (κ3) is 43.2. The van der Waals surface area contributed by atoms with E-state index in [4.69, 9.17) is 0 Å². The maximum Gasteiger partial charge on any atom is 0.220 e. The summed E-state index contributed by atoms with van der Waals surface area (Å²) in [6, 6.07) is -0.652. The molecule has 326 valence electrons. The first-order valence-electron chi connectivity index (χ1n) is 24.5. The zero-order valence-corrected chi connectivity index (χ0v) is 37.4. The van der Waals surface area contributed by atoms with E-state index in [9.17, 15) is 15.0 Å². The molecular weight excluding hydrogens is 687 g/mol. The fourth-order valence-electron chi connectivity index (χ4n) is 7.18. The molecule has 0 aliphatic heterocycles. The van der Waals surface area contributed by atoms with Crippen LogP contribution in [0, 0.1) is 0 Å². The van der Waals surface area contributed by atoms with Crippen LogP contribution in [0.5, 0.6) is 0 Å². The van der Waals surface area contributed by atoms with Crippen LogP contribution < -0.4 is 5.32 Å². The number of unbranched alkanes of at least 4 members (excludes halogenated alkanes) is 29. The van der Waals surface area contributed by atoms with Crippen molar-refractivity contribution in [3.8, 4) is 0 Å². The Bertz CT molecular complexity index is 934. The fourth-order valence-corrected chi connectivity index (χ4v) is 7.18. The molecule has 0 aliphatic carbocycles. The van der Waals surface area contributed by atoms with E-state index in [1.54, 1.807) is 6.08 Å². The number of carbonyl (C=O) groups is 1. The van der Waals surface area contributed by atoms with E-state index in [0.29, 0.717) is 6.42 Å².